The molecule has 0 aliphatic rings. The van der Waals surface area contributed by atoms with E-state index in [4.69, 9.17) is 0 Å². The van der Waals surface area contributed by atoms with E-state index in [1.54, 1.807) is 0 Å². The SMILES string of the molecule is CN=C(NCCc1cnn(C)c1)NCCC(c1ccccc1)c1ccccc1. The van der Waals surface area contributed by atoms with Crippen LogP contribution >= 0.6 is 0 Å². The van der Waals surface area contributed by atoms with Gasteiger partial charge >= 0.3 is 0 Å². The minimum atomic E-state index is 0.364. The van der Waals surface area contributed by atoms with Crippen molar-refractivity contribution in [2.75, 3.05) is 20.1 Å². The molecule has 146 valence electrons. The predicted octanol–water partition coefficient (Wildman–Crippen LogP) is 3.35. The van der Waals surface area contributed by atoms with E-state index in [0.717, 1.165) is 31.9 Å². The molecule has 2 aromatic carbocycles. The van der Waals surface area contributed by atoms with Gasteiger partial charge in [-0.05, 0) is 29.5 Å². The summed E-state index contributed by atoms with van der Waals surface area (Å²) in [6.07, 6.45) is 5.87. The van der Waals surface area contributed by atoms with E-state index >= 15 is 0 Å². The Morgan fingerprint density at radius 3 is 2.11 bits per heavy atom. The molecule has 3 aromatic rings. The van der Waals surface area contributed by atoms with Crippen LogP contribution in [0.2, 0.25) is 0 Å². The fourth-order valence-corrected chi connectivity index (χ4v) is 3.38. The lowest BCUT2D eigenvalue weighted by molar-refractivity contribution is 0.678. The summed E-state index contributed by atoms with van der Waals surface area (Å²) in [4.78, 5) is 4.34. The molecule has 0 bridgehead atoms. The van der Waals surface area contributed by atoms with E-state index in [9.17, 15) is 0 Å². The van der Waals surface area contributed by atoms with Crippen LogP contribution in [0.25, 0.3) is 0 Å². The number of benzene rings is 2. The third kappa shape index (κ3) is 5.71. The zero-order chi connectivity index (χ0) is 19.6. The van der Waals surface area contributed by atoms with E-state index in [1.807, 2.05) is 31.2 Å². The smallest absolute Gasteiger partial charge is 0.190 e. The fourth-order valence-electron chi connectivity index (χ4n) is 3.38. The van der Waals surface area contributed by atoms with E-state index in [1.165, 1.54) is 16.7 Å². The fraction of sp³-hybridized carbons (Fsp3) is 0.304. The third-order valence-electron chi connectivity index (χ3n) is 4.82. The van der Waals surface area contributed by atoms with Crippen molar-refractivity contribution in [2.45, 2.75) is 18.8 Å². The zero-order valence-electron chi connectivity index (χ0n) is 16.7. The van der Waals surface area contributed by atoms with Crippen LogP contribution in [-0.2, 0) is 13.5 Å². The number of hydrogen-bond acceptors (Lipinski definition) is 2. The van der Waals surface area contributed by atoms with Crippen LogP contribution in [0.4, 0.5) is 0 Å². The van der Waals surface area contributed by atoms with Gasteiger partial charge in [-0.3, -0.25) is 9.67 Å². The quantitative estimate of drug-likeness (QED) is 0.469. The second-order valence-electron chi connectivity index (χ2n) is 6.86. The summed E-state index contributed by atoms with van der Waals surface area (Å²) in [6, 6.07) is 21.4. The van der Waals surface area contributed by atoms with Gasteiger partial charge in [-0.1, -0.05) is 60.7 Å². The molecule has 0 aliphatic heterocycles. The summed E-state index contributed by atoms with van der Waals surface area (Å²) in [5.41, 5.74) is 3.91. The highest BCUT2D eigenvalue weighted by molar-refractivity contribution is 5.79. The summed E-state index contributed by atoms with van der Waals surface area (Å²) >= 11 is 0. The lowest BCUT2D eigenvalue weighted by Gasteiger charge is -2.19. The van der Waals surface area contributed by atoms with Crippen molar-refractivity contribution in [2.24, 2.45) is 12.0 Å². The minimum Gasteiger partial charge on any atom is -0.356 e. The number of hydrogen-bond donors (Lipinski definition) is 2. The molecule has 0 saturated carbocycles. The van der Waals surface area contributed by atoms with E-state index in [2.05, 4.69) is 81.4 Å². The molecular formula is C23H29N5. The summed E-state index contributed by atoms with van der Waals surface area (Å²) in [6.45, 7) is 1.67. The highest BCUT2D eigenvalue weighted by Crippen LogP contribution is 2.27. The van der Waals surface area contributed by atoms with Gasteiger partial charge in [0.25, 0.3) is 0 Å². The molecule has 5 nitrogen and oxygen atoms in total. The van der Waals surface area contributed by atoms with Crippen molar-refractivity contribution in [3.8, 4) is 0 Å². The van der Waals surface area contributed by atoms with Crippen LogP contribution in [-0.4, -0.2) is 35.9 Å². The molecule has 3 rings (SSSR count). The summed E-state index contributed by atoms with van der Waals surface area (Å²) in [7, 11) is 3.75. The average Bonchev–Trinajstić information content (AvgIpc) is 3.16. The lowest BCUT2D eigenvalue weighted by atomic mass is 9.88. The summed E-state index contributed by atoms with van der Waals surface area (Å²) in [5.74, 6) is 1.20. The maximum Gasteiger partial charge on any atom is 0.190 e. The van der Waals surface area contributed by atoms with Gasteiger partial charge in [0.2, 0.25) is 0 Å². The number of guanidine groups is 1. The molecule has 2 N–H and O–H groups in total. The van der Waals surface area contributed by atoms with Crippen molar-refractivity contribution < 1.29 is 0 Å². The number of nitrogens with zero attached hydrogens (tertiary/aromatic N) is 3. The van der Waals surface area contributed by atoms with Crippen LogP contribution in [0.15, 0.2) is 78.0 Å². The van der Waals surface area contributed by atoms with Gasteiger partial charge in [0.15, 0.2) is 5.96 Å². The first-order valence-electron chi connectivity index (χ1n) is 9.78. The molecule has 0 unspecified atom stereocenters. The van der Waals surface area contributed by atoms with E-state index in [-0.39, 0.29) is 0 Å². The Hall–Kier alpha value is -3.08. The van der Waals surface area contributed by atoms with Crippen LogP contribution < -0.4 is 10.6 Å². The molecule has 0 spiro atoms. The Kier molecular flexibility index (Phi) is 7.24. The number of aryl methyl sites for hydroxylation is 1. The first-order valence-corrected chi connectivity index (χ1v) is 9.78. The topological polar surface area (TPSA) is 54.2 Å². The Balaban J connectivity index is 1.52. The van der Waals surface area contributed by atoms with Crippen LogP contribution in [0.3, 0.4) is 0 Å². The normalized spacial score (nSPS) is 11.6. The first kappa shape index (κ1) is 19.7. The lowest BCUT2D eigenvalue weighted by Crippen LogP contribution is -2.39. The molecule has 1 aromatic heterocycles. The van der Waals surface area contributed by atoms with Crippen LogP contribution in [0.1, 0.15) is 29.0 Å². The van der Waals surface area contributed by atoms with Crippen LogP contribution in [0.5, 0.6) is 0 Å². The van der Waals surface area contributed by atoms with Gasteiger partial charge < -0.3 is 10.6 Å². The minimum absolute atomic E-state index is 0.364. The van der Waals surface area contributed by atoms with E-state index in [0.29, 0.717) is 5.92 Å². The maximum atomic E-state index is 4.34. The second-order valence-corrected chi connectivity index (χ2v) is 6.86. The van der Waals surface area contributed by atoms with E-state index < -0.39 is 0 Å². The van der Waals surface area contributed by atoms with Gasteiger partial charge in [-0.2, -0.15) is 5.10 Å². The summed E-state index contributed by atoms with van der Waals surface area (Å²) in [5, 5.41) is 11.0. The van der Waals surface area contributed by atoms with Crippen molar-refractivity contribution in [3.63, 3.8) is 0 Å². The predicted molar refractivity (Wildman–Crippen MR) is 116 cm³/mol. The Morgan fingerprint density at radius 2 is 1.57 bits per heavy atom. The number of rotatable bonds is 8. The van der Waals surface area contributed by atoms with Crippen molar-refractivity contribution >= 4 is 5.96 Å². The zero-order valence-corrected chi connectivity index (χ0v) is 16.7. The van der Waals surface area contributed by atoms with Crippen molar-refractivity contribution in [1.82, 2.24) is 20.4 Å². The van der Waals surface area contributed by atoms with Crippen LogP contribution in [0, 0.1) is 0 Å². The number of aromatic nitrogens is 2. The Labute approximate surface area is 167 Å². The maximum absolute atomic E-state index is 4.34. The monoisotopic (exact) mass is 375 g/mol. The molecule has 0 amide bonds. The van der Waals surface area contributed by atoms with Gasteiger partial charge in [0.05, 0.1) is 6.20 Å². The molecule has 5 heteroatoms. The van der Waals surface area contributed by atoms with Gasteiger partial charge in [-0.15, -0.1) is 0 Å². The first-order chi connectivity index (χ1) is 13.8. The molecule has 0 atom stereocenters. The van der Waals surface area contributed by atoms with Gasteiger partial charge in [0.1, 0.15) is 0 Å². The third-order valence-corrected chi connectivity index (χ3v) is 4.82. The average molecular weight is 376 g/mol. The molecule has 0 aliphatic carbocycles. The molecular weight excluding hydrogens is 346 g/mol. The summed E-state index contributed by atoms with van der Waals surface area (Å²) < 4.78 is 1.83. The second kappa shape index (κ2) is 10.3. The standard InChI is InChI=1S/C23H29N5/c1-24-23(25-15-13-19-17-27-28(2)18-19)26-16-14-22(20-9-5-3-6-10-20)21-11-7-4-8-12-21/h3-12,17-18,22H,13-16H2,1-2H3,(H2,24,25,26). The molecule has 0 fully saturated rings. The van der Waals surface area contributed by atoms with Crippen molar-refractivity contribution in [1.29, 1.82) is 0 Å². The number of aliphatic imine (C=N–C) groups is 1. The Morgan fingerprint density at radius 1 is 0.964 bits per heavy atom. The van der Waals surface area contributed by atoms with Gasteiger partial charge in [-0.25, -0.2) is 0 Å². The number of nitrogens with one attached hydrogen (secondary N) is 2. The molecule has 28 heavy (non-hydrogen) atoms. The molecule has 1 heterocycles. The largest absolute Gasteiger partial charge is 0.356 e. The molecule has 0 saturated heterocycles. The highest BCUT2D eigenvalue weighted by Gasteiger charge is 2.13. The Bertz CT molecular complexity index is 815. The van der Waals surface area contributed by atoms with Crippen molar-refractivity contribution in [3.05, 3.63) is 89.7 Å². The highest BCUT2D eigenvalue weighted by atomic mass is 15.2. The molecule has 0 radical (unpaired) electrons. The van der Waals surface area contributed by atoms with Gasteiger partial charge in [0, 0.05) is 39.3 Å².